The molecule has 1 aliphatic heterocycles. The average molecular weight is 376 g/mol. The summed E-state index contributed by atoms with van der Waals surface area (Å²) in [5.74, 6) is 0. The Bertz CT molecular complexity index is 710. The van der Waals surface area contributed by atoms with Gasteiger partial charge < -0.3 is 9.64 Å². The summed E-state index contributed by atoms with van der Waals surface area (Å²) in [6, 6.07) is 1.49. The van der Waals surface area contributed by atoms with Crippen molar-refractivity contribution in [2.45, 2.75) is 56.5 Å². The smallest absolute Gasteiger partial charge is 0.410 e. The number of sulfone groups is 1. The monoisotopic (exact) mass is 375 g/mol. The van der Waals surface area contributed by atoms with Gasteiger partial charge in [0.05, 0.1) is 5.25 Å². The molecule has 1 saturated heterocycles. The lowest BCUT2D eigenvalue weighted by Crippen LogP contribution is -2.47. The van der Waals surface area contributed by atoms with Crippen molar-refractivity contribution >= 4 is 27.5 Å². The predicted octanol–water partition coefficient (Wildman–Crippen LogP) is 2.61. The molecule has 134 valence electrons. The third-order valence-electron chi connectivity index (χ3n) is 3.53. The van der Waals surface area contributed by atoms with Gasteiger partial charge in [-0.3, -0.25) is 0 Å². The zero-order valence-electron chi connectivity index (χ0n) is 14.2. The molecule has 1 fully saturated rings. The van der Waals surface area contributed by atoms with E-state index in [9.17, 15) is 13.2 Å². The summed E-state index contributed by atoms with van der Waals surface area (Å²) in [5, 5.41) is -0.971. The van der Waals surface area contributed by atoms with Crippen LogP contribution in [0.5, 0.6) is 0 Å². The second kappa shape index (κ2) is 6.84. The van der Waals surface area contributed by atoms with Crippen molar-refractivity contribution in [3.05, 3.63) is 16.9 Å². The van der Waals surface area contributed by atoms with Crippen LogP contribution in [-0.4, -0.2) is 53.3 Å². The van der Waals surface area contributed by atoms with E-state index in [1.54, 1.807) is 27.7 Å². The first-order valence-electron chi connectivity index (χ1n) is 7.72. The summed E-state index contributed by atoms with van der Waals surface area (Å²) in [6.45, 7) is 7.49. The number of halogens is 1. The van der Waals surface area contributed by atoms with E-state index in [1.807, 2.05) is 0 Å². The van der Waals surface area contributed by atoms with Gasteiger partial charge in [-0.25, -0.2) is 23.2 Å². The number of carbonyl (C=O) groups excluding carboxylic acids is 1. The number of piperidine rings is 1. The Kier molecular flexibility index (Phi) is 5.39. The zero-order chi connectivity index (χ0) is 18.1. The number of amides is 1. The highest BCUT2D eigenvalue weighted by molar-refractivity contribution is 7.91. The van der Waals surface area contributed by atoms with Gasteiger partial charge in [-0.15, -0.1) is 0 Å². The number of hydrogen-bond donors (Lipinski definition) is 0. The second-order valence-electron chi connectivity index (χ2n) is 6.85. The molecule has 0 N–H and O–H groups in total. The van der Waals surface area contributed by atoms with Crippen molar-refractivity contribution in [3.8, 4) is 0 Å². The van der Waals surface area contributed by atoms with E-state index in [1.165, 1.54) is 11.0 Å². The Balaban J connectivity index is 2.20. The van der Waals surface area contributed by atoms with Crippen LogP contribution < -0.4 is 0 Å². The van der Waals surface area contributed by atoms with Crippen LogP contribution in [0.2, 0.25) is 5.15 Å². The Morgan fingerprint density at radius 1 is 1.38 bits per heavy atom. The molecule has 0 bridgehead atoms. The van der Waals surface area contributed by atoms with Crippen LogP contribution in [0.4, 0.5) is 4.79 Å². The third kappa shape index (κ3) is 4.57. The lowest BCUT2D eigenvalue weighted by molar-refractivity contribution is 0.0219. The molecule has 2 rings (SSSR count). The molecule has 1 amide bonds. The number of carbonyl (C=O) groups is 1. The zero-order valence-corrected chi connectivity index (χ0v) is 15.8. The molecule has 1 aromatic heterocycles. The summed E-state index contributed by atoms with van der Waals surface area (Å²) in [5.41, 5.74) is -0.149. The van der Waals surface area contributed by atoms with Crippen molar-refractivity contribution in [3.63, 3.8) is 0 Å². The number of aromatic nitrogens is 2. The van der Waals surface area contributed by atoms with Crippen molar-refractivity contribution in [1.82, 2.24) is 14.9 Å². The van der Waals surface area contributed by atoms with Crippen molar-refractivity contribution in [2.24, 2.45) is 0 Å². The summed E-state index contributed by atoms with van der Waals surface area (Å²) < 4.78 is 30.9. The maximum absolute atomic E-state index is 12.8. The molecule has 0 unspecified atom stereocenters. The quantitative estimate of drug-likeness (QED) is 0.583. The third-order valence-corrected chi connectivity index (χ3v) is 5.67. The number of nitrogens with zero attached hydrogens (tertiary/aromatic N) is 3. The molecular weight excluding hydrogens is 354 g/mol. The Hall–Kier alpha value is -1.41. The van der Waals surface area contributed by atoms with E-state index in [4.69, 9.17) is 16.3 Å². The van der Waals surface area contributed by atoms with Gasteiger partial charge in [-0.2, -0.15) is 0 Å². The second-order valence-corrected chi connectivity index (χ2v) is 9.36. The molecule has 0 saturated carbocycles. The number of aryl methyl sites for hydroxylation is 1. The molecule has 0 spiro atoms. The van der Waals surface area contributed by atoms with E-state index in [0.717, 1.165) is 0 Å². The number of rotatable bonds is 2. The molecule has 7 nitrogen and oxygen atoms in total. The van der Waals surface area contributed by atoms with Gasteiger partial charge in [0.1, 0.15) is 10.8 Å². The van der Waals surface area contributed by atoms with Gasteiger partial charge in [0.25, 0.3) is 0 Å². The Morgan fingerprint density at radius 3 is 2.62 bits per heavy atom. The van der Waals surface area contributed by atoms with Gasteiger partial charge in [-0.1, -0.05) is 11.6 Å². The first-order valence-corrected chi connectivity index (χ1v) is 9.64. The SMILES string of the molecule is Cc1cc(Cl)nc(S(=O)(=O)[C@@H]2CCCN(C(=O)OC(C)(C)C)C2)n1. The summed E-state index contributed by atoms with van der Waals surface area (Å²) >= 11 is 5.85. The molecule has 1 aliphatic rings. The Labute approximate surface area is 147 Å². The fourth-order valence-electron chi connectivity index (χ4n) is 2.46. The van der Waals surface area contributed by atoms with E-state index < -0.39 is 26.8 Å². The number of likely N-dealkylation sites (tertiary alicyclic amines) is 1. The standard InChI is InChI=1S/C15H22ClN3O4S/c1-10-8-12(16)18-13(17-10)24(21,22)11-6-5-7-19(9-11)14(20)23-15(2,3)4/h8,11H,5-7,9H2,1-4H3/t11-/m1/s1. The summed E-state index contributed by atoms with van der Waals surface area (Å²) in [7, 11) is -3.77. The van der Waals surface area contributed by atoms with Gasteiger partial charge >= 0.3 is 6.09 Å². The van der Waals surface area contributed by atoms with Gasteiger partial charge in [0.2, 0.25) is 15.0 Å². The predicted molar refractivity (Wildman–Crippen MR) is 89.8 cm³/mol. The van der Waals surface area contributed by atoms with Gasteiger partial charge in [-0.05, 0) is 46.6 Å². The van der Waals surface area contributed by atoms with E-state index in [0.29, 0.717) is 25.1 Å². The molecule has 24 heavy (non-hydrogen) atoms. The molecule has 0 aromatic carbocycles. The molecule has 0 radical (unpaired) electrons. The van der Waals surface area contributed by atoms with Gasteiger partial charge in [0.15, 0.2) is 0 Å². The highest BCUT2D eigenvalue weighted by Gasteiger charge is 2.37. The maximum atomic E-state index is 12.8. The van der Waals surface area contributed by atoms with Crippen LogP contribution in [0.3, 0.4) is 0 Å². The van der Waals surface area contributed by atoms with Crippen LogP contribution in [-0.2, 0) is 14.6 Å². The minimum atomic E-state index is -3.77. The van der Waals surface area contributed by atoms with Crippen LogP contribution in [0.15, 0.2) is 11.2 Å². The minimum Gasteiger partial charge on any atom is -0.444 e. The molecule has 1 atom stereocenters. The first-order chi connectivity index (χ1) is 11.0. The largest absolute Gasteiger partial charge is 0.444 e. The van der Waals surface area contributed by atoms with Crippen LogP contribution >= 0.6 is 11.6 Å². The first kappa shape index (κ1) is 18.9. The maximum Gasteiger partial charge on any atom is 0.410 e. The molecule has 2 heterocycles. The van der Waals surface area contributed by atoms with E-state index in [2.05, 4.69) is 9.97 Å². The summed E-state index contributed by atoms with van der Waals surface area (Å²) in [6.07, 6.45) is 0.504. The highest BCUT2D eigenvalue weighted by atomic mass is 35.5. The van der Waals surface area contributed by atoms with Crippen molar-refractivity contribution in [2.75, 3.05) is 13.1 Å². The van der Waals surface area contributed by atoms with E-state index >= 15 is 0 Å². The number of hydrogen-bond acceptors (Lipinski definition) is 6. The Morgan fingerprint density at radius 2 is 2.04 bits per heavy atom. The minimum absolute atomic E-state index is 0.0617. The van der Waals surface area contributed by atoms with Gasteiger partial charge in [0, 0.05) is 18.8 Å². The molecule has 1 aromatic rings. The van der Waals surface area contributed by atoms with Crippen LogP contribution in [0.25, 0.3) is 0 Å². The van der Waals surface area contributed by atoms with Crippen molar-refractivity contribution in [1.29, 1.82) is 0 Å². The van der Waals surface area contributed by atoms with Crippen LogP contribution in [0, 0.1) is 6.92 Å². The van der Waals surface area contributed by atoms with E-state index in [-0.39, 0.29) is 16.9 Å². The molecule has 0 aliphatic carbocycles. The molecular formula is C15H22ClN3O4S. The highest BCUT2D eigenvalue weighted by Crippen LogP contribution is 2.24. The lowest BCUT2D eigenvalue weighted by Gasteiger charge is -2.33. The fourth-order valence-corrected chi connectivity index (χ4v) is 4.40. The molecule has 9 heteroatoms. The average Bonchev–Trinajstić information content (AvgIpc) is 2.44. The van der Waals surface area contributed by atoms with Crippen molar-refractivity contribution < 1.29 is 17.9 Å². The summed E-state index contributed by atoms with van der Waals surface area (Å²) in [4.78, 5) is 21.4. The topological polar surface area (TPSA) is 89.5 Å². The fraction of sp³-hybridized carbons (Fsp3) is 0.667. The van der Waals surface area contributed by atoms with Crippen LogP contribution in [0.1, 0.15) is 39.3 Å². The number of ether oxygens (including phenoxy) is 1. The lowest BCUT2D eigenvalue weighted by atomic mass is 10.1. The normalized spacial score (nSPS) is 19.2.